The van der Waals surface area contributed by atoms with Crippen molar-refractivity contribution in [1.29, 1.82) is 0 Å². The van der Waals surface area contributed by atoms with Gasteiger partial charge < -0.3 is 20.5 Å². The lowest BCUT2D eigenvalue weighted by molar-refractivity contribution is -0.121. The summed E-state index contributed by atoms with van der Waals surface area (Å²) in [7, 11) is 0. The zero-order chi connectivity index (χ0) is 18.4. The molecule has 2 rings (SSSR count). The maximum absolute atomic E-state index is 12.3. The summed E-state index contributed by atoms with van der Waals surface area (Å²) in [5, 5.41) is 15.3. The molecule has 140 valence electrons. The van der Waals surface area contributed by atoms with Crippen molar-refractivity contribution in [3.8, 4) is 0 Å². The summed E-state index contributed by atoms with van der Waals surface area (Å²) in [6.07, 6.45) is 3.44. The Morgan fingerprint density at radius 1 is 1.32 bits per heavy atom. The van der Waals surface area contributed by atoms with E-state index >= 15 is 0 Å². The fraction of sp³-hybridized carbons (Fsp3) is 0.650. The Labute approximate surface area is 151 Å². The summed E-state index contributed by atoms with van der Waals surface area (Å²) in [5.74, 6) is -0.145. The van der Waals surface area contributed by atoms with Gasteiger partial charge in [0.1, 0.15) is 0 Å². The molecule has 5 nitrogen and oxygen atoms in total. The van der Waals surface area contributed by atoms with E-state index in [0.717, 1.165) is 37.1 Å². The molecule has 1 aliphatic rings. The molecular formula is C20H32N2O3. The zero-order valence-electron chi connectivity index (χ0n) is 15.9. The number of amides is 1. The molecule has 2 atom stereocenters. The quantitative estimate of drug-likeness (QED) is 0.641. The topological polar surface area (TPSA) is 70.6 Å². The lowest BCUT2D eigenvalue weighted by Gasteiger charge is -2.55. The van der Waals surface area contributed by atoms with Gasteiger partial charge in [0.15, 0.2) is 0 Å². The molecule has 0 heterocycles. The van der Waals surface area contributed by atoms with Crippen molar-refractivity contribution in [1.82, 2.24) is 5.32 Å². The third-order valence-corrected chi connectivity index (χ3v) is 5.77. The third kappa shape index (κ3) is 3.82. The Kier molecular flexibility index (Phi) is 6.85. The predicted octanol–water partition coefficient (Wildman–Crippen LogP) is 3.11. The molecule has 1 aliphatic carbocycles. The average molecular weight is 348 g/mol. The second-order valence-corrected chi connectivity index (χ2v) is 6.77. The Morgan fingerprint density at radius 2 is 2.04 bits per heavy atom. The minimum atomic E-state index is -0.145. The lowest BCUT2D eigenvalue weighted by Crippen LogP contribution is -2.60. The van der Waals surface area contributed by atoms with Crippen molar-refractivity contribution in [2.24, 2.45) is 5.41 Å². The highest BCUT2D eigenvalue weighted by atomic mass is 16.5. The third-order valence-electron chi connectivity index (χ3n) is 5.77. The van der Waals surface area contributed by atoms with Crippen molar-refractivity contribution in [3.05, 3.63) is 29.3 Å². The first-order chi connectivity index (χ1) is 12.0. The van der Waals surface area contributed by atoms with Crippen LogP contribution in [0.2, 0.25) is 0 Å². The lowest BCUT2D eigenvalue weighted by atomic mass is 9.58. The van der Waals surface area contributed by atoms with Crippen LogP contribution in [0.5, 0.6) is 0 Å². The molecule has 1 aromatic rings. The minimum absolute atomic E-state index is 0.0564. The van der Waals surface area contributed by atoms with Gasteiger partial charge >= 0.3 is 0 Å². The molecule has 2 unspecified atom stereocenters. The van der Waals surface area contributed by atoms with Crippen LogP contribution in [0.25, 0.3) is 0 Å². The summed E-state index contributed by atoms with van der Waals surface area (Å²) < 4.78 is 5.95. The SMILES string of the molecule is CCOC1CC(Nc2cccc(C(=O)NCCO)c2C)C1(CC)CC. The van der Waals surface area contributed by atoms with Gasteiger partial charge in [-0.3, -0.25) is 4.79 Å². The number of benzene rings is 1. The van der Waals surface area contributed by atoms with E-state index in [2.05, 4.69) is 31.4 Å². The van der Waals surface area contributed by atoms with Gasteiger partial charge in [0.05, 0.1) is 12.7 Å². The van der Waals surface area contributed by atoms with E-state index in [1.165, 1.54) is 0 Å². The fourth-order valence-corrected chi connectivity index (χ4v) is 4.07. The highest BCUT2D eigenvalue weighted by Gasteiger charge is 2.53. The summed E-state index contributed by atoms with van der Waals surface area (Å²) >= 11 is 0. The van der Waals surface area contributed by atoms with Gasteiger partial charge in [0.2, 0.25) is 0 Å². The highest BCUT2D eigenvalue weighted by molar-refractivity contribution is 5.97. The number of carbonyl (C=O) groups is 1. The number of carbonyl (C=O) groups excluding carboxylic acids is 1. The van der Waals surface area contributed by atoms with Gasteiger partial charge in [-0.25, -0.2) is 0 Å². The van der Waals surface area contributed by atoms with Crippen LogP contribution in [0.4, 0.5) is 5.69 Å². The Balaban J connectivity index is 2.16. The van der Waals surface area contributed by atoms with Crippen LogP contribution in [-0.2, 0) is 4.74 Å². The Hall–Kier alpha value is -1.59. The number of rotatable bonds is 9. The maximum Gasteiger partial charge on any atom is 0.251 e. The molecule has 1 fully saturated rings. The van der Waals surface area contributed by atoms with E-state index < -0.39 is 0 Å². The average Bonchev–Trinajstić information content (AvgIpc) is 2.61. The predicted molar refractivity (Wildman–Crippen MR) is 101 cm³/mol. The molecule has 0 bridgehead atoms. The minimum Gasteiger partial charge on any atom is -0.395 e. The Bertz CT molecular complexity index is 584. The van der Waals surface area contributed by atoms with E-state index in [1.54, 1.807) is 0 Å². The fourth-order valence-electron chi connectivity index (χ4n) is 4.07. The molecule has 5 heteroatoms. The summed E-state index contributed by atoms with van der Waals surface area (Å²) in [6.45, 7) is 9.44. The molecule has 0 aromatic heterocycles. The number of hydrogen-bond donors (Lipinski definition) is 3. The van der Waals surface area contributed by atoms with Crippen LogP contribution in [0.1, 0.15) is 56.0 Å². The monoisotopic (exact) mass is 348 g/mol. The van der Waals surface area contributed by atoms with Crippen LogP contribution in [0.15, 0.2) is 18.2 Å². The molecule has 0 radical (unpaired) electrons. The van der Waals surface area contributed by atoms with E-state index in [-0.39, 0.29) is 24.5 Å². The van der Waals surface area contributed by atoms with Gasteiger partial charge in [0, 0.05) is 35.9 Å². The highest BCUT2D eigenvalue weighted by Crippen LogP contribution is 2.50. The second-order valence-electron chi connectivity index (χ2n) is 6.77. The van der Waals surface area contributed by atoms with Crippen LogP contribution in [0, 0.1) is 12.3 Å². The van der Waals surface area contributed by atoms with E-state index in [9.17, 15) is 4.79 Å². The molecule has 3 N–H and O–H groups in total. The van der Waals surface area contributed by atoms with Gasteiger partial charge in [-0.05, 0) is 50.8 Å². The molecule has 1 amide bonds. The second kappa shape index (κ2) is 8.68. The first-order valence-corrected chi connectivity index (χ1v) is 9.40. The van der Waals surface area contributed by atoms with Gasteiger partial charge in [-0.15, -0.1) is 0 Å². The van der Waals surface area contributed by atoms with Gasteiger partial charge in [-0.1, -0.05) is 19.9 Å². The van der Waals surface area contributed by atoms with Crippen LogP contribution < -0.4 is 10.6 Å². The van der Waals surface area contributed by atoms with Crippen molar-refractivity contribution in [3.63, 3.8) is 0 Å². The molecule has 0 saturated heterocycles. The molecule has 0 aliphatic heterocycles. The van der Waals surface area contributed by atoms with Crippen molar-refractivity contribution in [2.75, 3.05) is 25.1 Å². The van der Waals surface area contributed by atoms with Crippen molar-refractivity contribution in [2.45, 2.75) is 59.1 Å². The van der Waals surface area contributed by atoms with E-state index in [1.807, 2.05) is 25.1 Å². The van der Waals surface area contributed by atoms with Crippen LogP contribution >= 0.6 is 0 Å². The Morgan fingerprint density at radius 3 is 2.64 bits per heavy atom. The molecule has 1 saturated carbocycles. The number of hydrogen-bond acceptors (Lipinski definition) is 4. The molecule has 25 heavy (non-hydrogen) atoms. The normalized spacial score (nSPS) is 21.5. The molecule has 0 spiro atoms. The van der Waals surface area contributed by atoms with Crippen molar-refractivity contribution < 1.29 is 14.6 Å². The van der Waals surface area contributed by atoms with E-state index in [0.29, 0.717) is 17.7 Å². The van der Waals surface area contributed by atoms with Crippen LogP contribution in [-0.4, -0.2) is 42.9 Å². The number of ether oxygens (including phenoxy) is 1. The number of nitrogens with one attached hydrogen (secondary N) is 2. The van der Waals surface area contributed by atoms with Gasteiger partial charge in [-0.2, -0.15) is 0 Å². The van der Waals surface area contributed by atoms with Crippen molar-refractivity contribution >= 4 is 11.6 Å². The van der Waals surface area contributed by atoms with E-state index in [4.69, 9.17) is 9.84 Å². The summed E-state index contributed by atoms with van der Waals surface area (Å²) in [5.41, 5.74) is 2.75. The summed E-state index contributed by atoms with van der Waals surface area (Å²) in [4.78, 5) is 12.3. The number of anilines is 1. The maximum atomic E-state index is 12.3. The standard InChI is InChI=1S/C20H32N2O3/c1-5-20(6-2)17(13-18(20)25-7-3)22-16-10-8-9-15(14(16)4)19(24)21-11-12-23/h8-10,17-18,22-23H,5-7,11-13H2,1-4H3,(H,21,24). The van der Waals surface area contributed by atoms with Crippen LogP contribution in [0.3, 0.4) is 0 Å². The number of aliphatic hydroxyl groups excluding tert-OH is 1. The largest absolute Gasteiger partial charge is 0.395 e. The first-order valence-electron chi connectivity index (χ1n) is 9.40. The van der Waals surface area contributed by atoms with Gasteiger partial charge in [0.25, 0.3) is 5.91 Å². The molecular weight excluding hydrogens is 316 g/mol. The first kappa shape index (κ1) is 19.7. The molecule has 1 aromatic carbocycles. The number of aliphatic hydroxyl groups is 1. The summed E-state index contributed by atoms with van der Waals surface area (Å²) in [6, 6.07) is 6.11. The smallest absolute Gasteiger partial charge is 0.251 e. The zero-order valence-corrected chi connectivity index (χ0v) is 15.9.